The summed E-state index contributed by atoms with van der Waals surface area (Å²) >= 11 is 0. The predicted molar refractivity (Wildman–Crippen MR) is 43.6 cm³/mol. The molecule has 1 N–H and O–H groups in total. The largest absolute Gasteiger partial charge is 0.385 e. The van der Waals surface area contributed by atoms with E-state index in [2.05, 4.69) is 0 Å². The van der Waals surface area contributed by atoms with Gasteiger partial charge in [0, 0.05) is 5.41 Å². The van der Waals surface area contributed by atoms with E-state index in [9.17, 15) is 14.7 Å². The zero-order chi connectivity index (χ0) is 9.52. The van der Waals surface area contributed by atoms with Crippen LogP contribution in [0.2, 0.25) is 0 Å². The molecule has 0 aromatic carbocycles. The first-order chi connectivity index (χ1) is 5.36. The van der Waals surface area contributed by atoms with E-state index >= 15 is 0 Å². The highest BCUT2D eigenvalue weighted by Gasteiger charge is 2.44. The van der Waals surface area contributed by atoms with Gasteiger partial charge in [0.15, 0.2) is 5.78 Å². The highest BCUT2D eigenvalue weighted by molar-refractivity contribution is 6.08. The highest BCUT2D eigenvalue weighted by atomic mass is 16.3. The molecule has 0 bridgehead atoms. The number of carbonyl (C=O) groups excluding carboxylic acids is 2. The summed E-state index contributed by atoms with van der Waals surface area (Å²) in [5, 5.41) is 9.30. The van der Waals surface area contributed by atoms with Gasteiger partial charge in [0.25, 0.3) is 0 Å². The Morgan fingerprint density at radius 2 is 1.92 bits per heavy atom. The number of Topliss-reactive ketones (excluding diaryl/α,β-unsaturated/α-hetero) is 2. The van der Waals surface area contributed by atoms with Crippen LogP contribution >= 0.6 is 0 Å². The van der Waals surface area contributed by atoms with Crippen LogP contribution in [0, 0.1) is 11.3 Å². The van der Waals surface area contributed by atoms with Gasteiger partial charge in [-0.2, -0.15) is 0 Å². The van der Waals surface area contributed by atoms with E-state index < -0.39 is 17.4 Å². The molecule has 0 saturated heterocycles. The van der Waals surface area contributed by atoms with Gasteiger partial charge in [-0.1, -0.05) is 13.8 Å². The minimum atomic E-state index is -0.951. The molecule has 12 heavy (non-hydrogen) atoms. The van der Waals surface area contributed by atoms with Gasteiger partial charge in [-0.15, -0.1) is 0 Å². The monoisotopic (exact) mass is 170 g/mol. The summed E-state index contributed by atoms with van der Waals surface area (Å²) in [5.41, 5.74) is -0.549. The molecular weight excluding hydrogens is 156 g/mol. The van der Waals surface area contributed by atoms with Crippen LogP contribution in [0.4, 0.5) is 0 Å². The molecule has 0 aliphatic heterocycles. The van der Waals surface area contributed by atoms with Crippen molar-refractivity contribution in [1.82, 2.24) is 0 Å². The normalized spacial score (nSPS) is 35.3. The Bertz CT molecular complexity index is 230. The quantitative estimate of drug-likeness (QED) is 0.540. The van der Waals surface area contributed by atoms with Crippen molar-refractivity contribution in [2.75, 3.05) is 0 Å². The molecule has 1 aliphatic rings. The maximum absolute atomic E-state index is 11.5. The SMILES string of the molecule is CC1C(=O)C(O)CC(C)(C)C1=O. The van der Waals surface area contributed by atoms with Gasteiger partial charge in [-0.3, -0.25) is 9.59 Å². The van der Waals surface area contributed by atoms with Gasteiger partial charge in [0.2, 0.25) is 0 Å². The predicted octanol–water partition coefficient (Wildman–Crippen LogP) is 0.551. The molecule has 1 fully saturated rings. The van der Waals surface area contributed by atoms with Crippen molar-refractivity contribution in [3.8, 4) is 0 Å². The maximum Gasteiger partial charge on any atom is 0.171 e. The van der Waals surface area contributed by atoms with Crippen LogP contribution in [0.1, 0.15) is 27.2 Å². The number of rotatable bonds is 0. The second-order valence-electron chi connectivity index (χ2n) is 4.09. The van der Waals surface area contributed by atoms with Gasteiger partial charge in [0.1, 0.15) is 11.9 Å². The van der Waals surface area contributed by atoms with Crippen molar-refractivity contribution < 1.29 is 14.7 Å². The van der Waals surface area contributed by atoms with Crippen molar-refractivity contribution >= 4 is 11.6 Å². The third-order valence-corrected chi connectivity index (χ3v) is 2.52. The third-order valence-electron chi connectivity index (χ3n) is 2.52. The first-order valence-electron chi connectivity index (χ1n) is 4.12. The summed E-state index contributed by atoms with van der Waals surface area (Å²) in [6.45, 7) is 5.10. The van der Waals surface area contributed by atoms with Crippen LogP contribution in [0.15, 0.2) is 0 Å². The molecule has 2 atom stereocenters. The van der Waals surface area contributed by atoms with Crippen LogP contribution in [-0.2, 0) is 9.59 Å². The molecule has 0 heterocycles. The van der Waals surface area contributed by atoms with Gasteiger partial charge >= 0.3 is 0 Å². The number of carbonyl (C=O) groups is 2. The number of aliphatic hydroxyl groups excluding tert-OH is 1. The van der Waals surface area contributed by atoms with E-state index in [1.54, 1.807) is 20.8 Å². The summed E-state index contributed by atoms with van der Waals surface area (Å²) in [7, 11) is 0. The molecule has 2 unspecified atom stereocenters. The summed E-state index contributed by atoms with van der Waals surface area (Å²) in [4.78, 5) is 22.6. The lowest BCUT2D eigenvalue weighted by Gasteiger charge is -2.33. The molecule has 0 aromatic heterocycles. The molecule has 0 aromatic rings. The van der Waals surface area contributed by atoms with Crippen molar-refractivity contribution in [2.24, 2.45) is 11.3 Å². The van der Waals surface area contributed by atoms with Crippen molar-refractivity contribution in [2.45, 2.75) is 33.3 Å². The first-order valence-corrected chi connectivity index (χ1v) is 4.12. The van der Waals surface area contributed by atoms with E-state index in [1.165, 1.54) is 0 Å². The van der Waals surface area contributed by atoms with Gasteiger partial charge in [0.05, 0.1) is 5.92 Å². The van der Waals surface area contributed by atoms with Crippen LogP contribution in [0.3, 0.4) is 0 Å². The summed E-state index contributed by atoms with van der Waals surface area (Å²) < 4.78 is 0. The van der Waals surface area contributed by atoms with Crippen molar-refractivity contribution in [3.63, 3.8) is 0 Å². The Labute approximate surface area is 71.8 Å². The van der Waals surface area contributed by atoms with Crippen LogP contribution in [-0.4, -0.2) is 22.8 Å². The summed E-state index contributed by atoms with van der Waals surface area (Å²) in [5.74, 6) is -1.03. The highest BCUT2D eigenvalue weighted by Crippen LogP contribution is 2.33. The van der Waals surface area contributed by atoms with Crippen molar-refractivity contribution in [3.05, 3.63) is 0 Å². The van der Waals surface area contributed by atoms with Gasteiger partial charge in [-0.05, 0) is 13.3 Å². The number of ketones is 2. The number of hydrogen-bond acceptors (Lipinski definition) is 3. The minimum Gasteiger partial charge on any atom is -0.385 e. The number of aliphatic hydroxyl groups is 1. The second kappa shape index (κ2) is 2.66. The Morgan fingerprint density at radius 1 is 1.42 bits per heavy atom. The third kappa shape index (κ3) is 1.29. The molecule has 68 valence electrons. The number of hydrogen-bond donors (Lipinski definition) is 1. The fourth-order valence-corrected chi connectivity index (χ4v) is 1.69. The lowest BCUT2D eigenvalue weighted by atomic mass is 9.70. The molecule has 1 rings (SSSR count). The topological polar surface area (TPSA) is 54.4 Å². The fourth-order valence-electron chi connectivity index (χ4n) is 1.69. The molecule has 3 heteroatoms. The van der Waals surface area contributed by atoms with Crippen LogP contribution < -0.4 is 0 Å². The van der Waals surface area contributed by atoms with Crippen LogP contribution in [0.5, 0.6) is 0 Å². The Kier molecular flexibility index (Phi) is 2.08. The second-order valence-corrected chi connectivity index (χ2v) is 4.09. The molecule has 0 radical (unpaired) electrons. The van der Waals surface area contributed by atoms with Gasteiger partial charge < -0.3 is 5.11 Å². The lowest BCUT2D eigenvalue weighted by Crippen LogP contribution is -2.47. The maximum atomic E-state index is 11.5. The van der Waals surface area contributed by atoms with E-state index in [0.29, 0.717) is 0 Å². The zero-order valence-electron chi connectivity index (χ0n) is 7.63. The summed E-state index contributed by atoms with van der Waals surface area (Å²) in [6.07, 6.45) is -0.692. The average molecular weight is 170 g/mol. The van der Waals surface area contributed by atoms with Crippen LogP contribution in [0.25, 0.3) is 0 Å². The molecule has 3 nitrogen and oxygen atoms in total. The smallest absolute Gasteiger partial charge is 0.171 e. The van der Waals surface area contributed by atoms with E-state index in [0.717, 1.165) is 0 Å². The standard InChI is InChI=1S/C9H14O3/c1-5-7(11)6(10)4-9(2,3)8(5)12/h5-6,10H,4H2,1-3H3. The van der Waals surface area contributed by atoms with E-state index in [1.807, 2.05) is 0 Å². The molecule has 0 spiro atoms. The Morgan fingerprint density at radius 3 is 2.42 bits per heavy atom. The molecule has 0 amide bonds. The molecular formula is C9H14O3. The first kappa shape index (κ1) is 9.39. The minimum absolute atomic E-state index is 0.0576. The Hall–Kier alpha value is -0.700. The van der Waals surface area contributed by atoms with Crippen molar-refractivity contribution in [1.29, 1.82) is 0 Å². The Balaban J connectivity index is 2.93. The fraction of sp³-hybridized carbons (Fsp3) is 0.778. The van der Waals surface area contributed by atoms with E-state index in [4.69, 9.17) is 0 Å². The van der Waals surface area contributed by atoms with Gasteiger partial charge in [-0.25, -0.2) is 0 Å². The van der Waals surface area contributed by atoms with E-state index in [-0.39, 0.29) is 18.0 Å². The zero-order valence-corrected chi connectivity index (χ0v) is 7.63. The molecule has 1 aliphatic carbocycles. The molecule has 1 saturated carbocycles. The lowest BCUT2D eigenvalue weighted by molar-refractivity contribution is -0.149. The summed E-state index contributed by atoms with van der Waals surface area (Å²) in [6, 6.07) is 0. The average Bonchev–Trinajstić information content (AvgIpc) is 1.97.